The van der Waals surface area contributed by atoms with Crippen molar-refractivity contribution in [2.75, 3.05) is 34.4 Å². The molecule has 0 bridgehead atoms. The molecule has 142 valence electrons. The van der Waals surface area contributed by atoms with E-state index in [9.17, 15) is 14.4 Å². The summed E-state index contributed by atoms with van der Waals surface area (Å²) in [6.45, 7) is 5.28. The predicted molar refractivity (Wildman–Crippen MR) is 94.5 cm³/mol. The van der Waals surface area contributed by atoms with Gasteiger partial charge in [0.1, 0.15) is 12.4 Å². The van der Waals surface area contributed by atoms with E-state index in [1.165, 1.54) is 33.6 Å². The number of ether oxygens (including phenoxy) is 3. The Morgan fingerprint density at radius 3 is 1.88 bits per heavy atom. The van der Waals surface area contributed by atoms with Crippen LogP contribution in [0.4, 0.5) is 4.79 Å². The summed E-state index contributed by atoms with van der Waals surface area (Å²) in [7, 11) is 4.54. The highest BCUT2D eigenvalue weighted by atomic mass is 16.5. The molecule has 0 spiro atoms. The molecular weight excluding hydrogens is 328 g/mol. The van der Waals surface area contributed by atoms with Crippen LogP contribution in [-0.2, 0) is 19.1 Å². The van der Waals surface area contributed by atoms with Gasteiger partial charge in [-0.2, -0.15) is 0 Å². The van der Waals surface area contributed by atoms with Crippen LogP contribution in [0.3, 0.4) is 0 Å². The smallest absolute Gasteiger partial charge is 0.314 e. The second-order valence-corrected chi connectivity index (χ2v) is 4.56. The molecule has 0 aliphatic heterocycles. The van der Waals surface area contributed by atoms with Gasteiger partial charge in [0.25, 0.3) is 0 Å². The van der Waals surface area contributed by atoms with E-state index in [2.05, 4.69) is 27.0 Å². The average Bonchev–Trinajstić information content (AvgIpc) is 2.60. The molecule has 0 radical (unpaired) electrons. The van der Waals surface area contributed by atoms with Crippen molar-refractivity contribution >= 4 is 18.0 Å². The molecule has 0 saturated heterocycles. The number of methoxy groups -OCH3 is 2. The lowest BCUT2D eigenvalue weighted by Crippen LogP contribution is -2.35. The maximum atomic E-state index is 10.5. The molecule has 0 fully saturated rings. The van der Waals surface area contributed by atoms with Crippen LogP contribution in [0, 0.1) is 6.92 Å². The van der Waals surface area contributed by atoms with Gasteiger partial charge in [-0.15, -0.1) is 0 Å². The number of urea groups is 1. The predicted octanol–water partition coefficient (Wildman–Crippen LogP) is 1.66. The van der Waals surface area contributed by atoms with E-state index in [-0.39, 0.29) is 24.6 Å². The van der Waals surface area contributed by atoms with Gasteiger partial charge in [-0.1, -0.05) is 17.7 Å². The lowest BCUT2D eigenvalue weighted by molar-refractivity contribution is -0.141. The normalized spacial score (nSPS) is 8.40. The highest BCUT2D eigenvalue weighted by molar-refractivity contribution is 5.73. The molecule has 25 heavy (non-hydrogen) atoms. The Bertz CT molecular complexity index is 502. The van der Waals surface area contributed by atoms with Gasteiger partial charge in [-0.25, -0.2) is 4.79 Å². The highest BCUT2D eigenvalue weighted by Gasteiger charge is 1.95. The third-order valence-electron chi connectivity index (χ3n) is 2.46. The summed E-state index contributed by atoms with van der Waals surface area (Å²) < 4.78 is 13.6. The van der Waals surface area contributed by atoms with Crippen molar-refractivity contribution in [2.24, 2.45) is 0 Å². The topological polar surface area (TPSA) is 103 Å². The number of amides is 2. The van der Waals surface area contributed by atoms with Crippen molar-refractivity contribution in [3.8, 4) is 5.75 Å². The number of hydrogen-bond donors (Lipinski definition) is 2. The molecule has 8 heteroatoms. The minimum absolute atomic E-state index is 0.211. The van der Waals surface area contributed by atoms with Crippen LogP contribution in [0.2, 0.25) is 0 Å². The molecular formula is C17H28N2O6. The maximum absolute atomic E-state index is 10.5. The SMILES string of the molecule is CNC(=O)NCCOC(C)=O.COC(C)=O.COc1ccc(C)cc1. The Balaban J connectivity index is 0. The molecule has 0 aliphatic carbocycles. The number of carbonyl (C=O) groups excluding carboxylic acids is 3. The van der Waals surface area contributed by atoms with Crippen LogP contribution in [0.1, 0.15) is 19.4 Å². The van der Waals surface area contributed by atoms with Gasteiger partial charge in [0.2, 0.25) is 0 Å². The number of benzene rings is 1. The van der Waals surface area contributed by atoms with E-state index in [0.29, 0.717) is 6.54 Å². The van der Waals surface area contributed by atoms with E-state index in [4.69, 9.17) is 4.74 Å². The number of nitrogens with one attached hydrogen (secondary N) is 2. The zero-order chi connectivity index (χ0) is 19.7. The maximum Gasteiger partial charge on any atom is 0.314 e. The summed E-state index contributed by atoms with van der Waals surface area (Å²) in [5.74, 6) is 0.328. The first kappa shape index (κ1) is 24.5. The molecule has 2 amide bonds. The molecule has 1 aromatic carbocycles. The first-order valence-corrected chi connectivity index (χ1v) is 7.50. The van der Waals surface area contributed by atoms with Crippen LogP contribution in [-0.4, -0.2) is 52.4 Å². The second-order valence-electron chi connectivity index (χ2n) is 4.56. The van der Waals surface area contributed by atoms with Gasteiger partial charge in [-0.05, 0) is 19.1 Å². The van der Waals surface area contributed by atoms with E-state index < -0.39 is 0 Å². The largest absolute Gasteiger partial charge is 0.497 e. The fraction of sp³-hybridized carbons (Fsp3) is 0.471. The lowest BCUT2D eigenvalue weighted by Gasteiger charge is -2.03. The molecule has 0 unspecified atom stereocenters. The van der Waals surface area contributed by atoms with Crippen LogP contribution >= 0.6 is 0 Å². The van der Waals surface area contributed by atoms with Crippen molar-refractivity contribution in [3.05, 3.63) is 29.8 Å². The Hall–Kier alpha value is -2.77. The molecule has 1 aromatic rings. The first-order valence-electron chi connectivity index (χ1n) is 7.50. The summed E-state index contributed by atoms with van der Waals surface area (Å²) in [5.41, 5.74) is 1.26. The van der Waals surface area contributed by atoms with Crippen LogP contribution in [0.15, 0.2) is 24.3 Å². The van der Waals surface area contributed by atoms with Gasteiger partial charge in [0.05, 0.1) is 20.8 Å². The third-order valence-corrected chi connectivity index (χ3v) is 2.46. The highest BCUT2D eigenvalue weighted by Crippen LogP contribution is 2.09. The summed E-state index contributed by atoms with van der Waals surface area (Å²) in [6, 6.07) is 7.68. The van der Waals surface area contributed by atoms with Crippen molar-refractivity contribution in [3.63, 3.8) is 0 Å². The quantitative estimate of drug-likeness (QED) is 0.628. The number of carbonyl (C=O) groups is 3. The summed E-state index contributed by atoms with van der Waals surface area (Å²) in [4.78, 5) is 30.3. The molecule has 0 saturated carbocycles. The molecule has 0 aliphatic rings. The minimum Gasteiger partial charge on any atom is -0.497 e. The van der Waals surface area contributed by atoms with Crippen molar-refractivity contribution in [2.45, 2.75) is 20.8 Å². The fourth-order valence-electron chi connectivity index (χ4n) is 1.12. The lowest BCUT2D eigenvalue weighted by atomic mass is 10.2. The summed E-state index contributed by atoms with van der Waals surface area (Å²) in [6.07, 6.45) is 0. The summed E-state index contributed by atoms with van der Waals surface area (Å²) >= 11 is 0. The fourth-order valence-corrected chi connectivity index (χ4v) is 1.12. The Morgan fingerprint density at radius 1 is 1.00 bits per heavy atom. The molecule has 8 nitrogen and oxygen atoms in total. The first-order chi connectivity index (χ1) is 11.8. The van der Waals surface area contributed by atoms with Crippen molar-refractivity contribution in [1.82, 2.24) is 10.6 Å². The standard InChI is InChI=1S/C8H10O.C6H12N2O3.C3H6O2/c1-7-3-5-8(9-2)6-4-7;1-5(9)11-4-3-8-6(10)7-2;1-3(4)5-2/h3-6H,1-2H3;3-4H2,1-2H3,(H2,7,8,10);1-2H3. The van der Waals surface area contributed by atoms with E-state index in [1.54, 1.807) is 7.11 Å². The van der Waals surface area contributed by atoms with Crippen LogP contribution < -0.4 is 15.4 Å². The Morgan fingerprint density at radius 2 is 1.52 bits per heavy atom. The molecule has 1 rings (SSSR count). The number of hydrogen-bond acceptors (Lipinski definition) is 6. The number of rotatable bonds is 4. The third kappa shape index (κ3) is 19.2. The summed E-state index contributed by atoms with van der Waals surface area (Å²) in [5, 5.41) is 4.82. The Kier molecular flexibility index (Phi) is 15.8. The zero-order valence-electron chi connectivity index (χ0n) is 15.7. The molecule has 0 atom stereocenters. The molecule has 2 N–H and O–H groups in total. The van der Waals surface area contributed by atoms with Crippen molar-refractivity contribution < 1.29 is 28.6 Å². The number of aryl methyl sites for hydroxylation is 1. The van der Waals surface area contributed by atoms with Gasteiger partial charge in [0, 0.05) is 20.9 Å². The van der Waals surface area contributed by atoms with Gasteiger partial charge >= 0.3 is 18.0 Å². The monoisotopic (exact) mass is 356 g/mol. The van der Waals surface area contributed by atoms with E-state index >= 15 is 0 Å². The van der Waals surface area contributed by atoms with E-state index in [1.807, 2.05) is 24.3 Å². The Labute approximate surface area is 148 Å². The number of esters is 2. The van der Waals surface area contributed by atoms with Crippen LogP contribution in [0.25, 0.3) is 0 Å². The average molecular weight is 356 g/mol. The van der Waals surface area contributed by atoms with Gasteiger partial charge < -0.3 is 24.8 Å². The van der Waals surface area contributed by atoms with Crippen LogP contribution in [0.5, 0.6) is 5.75 Å². The van der Waals surface area contributed by atoms with E-state index in [0.717, 1.165) is 5.75 Å². The molecule has 0 heterocycles. The second kappa shape index (κ2) is 16.1. The zero-order valence-corrected chi connectivity index (χ0v) is 15.7. The minimum atomic E-state index is -0.344. The van der Waals surface area contributed by atoms with Crippen molar-refractivity contribution in [1.29, 1.82) is 0 Å². The molecule has 0 aromatic heterocycles. The van der Waals surface area contributed by atoms with Gasteiger partial charge in [0.15, 0.2) is 0 Å². The van der Waals surface area contributed by atoms with Gasteiger partial charge in [-0.3, -0.25) is 9.59 Å².